The van der Waals surface area contributed by atoms with Gasteiger partial charge in [0.05, 0.1) is 4.90 Å². The van der Waals surface area contributed by atoms with Gasteiger partial charge in [-0.2, -0.15) is 4.31 Å². The molecule has 134 valence electrons. The van der Waals surface area contributed by atoms with Gasteiger partial charge >= 0.3 is 0 Å². The molecule has 2 N–H and O–H groups in total. The average molecular weight is 353 g/mol. The summed E-state index contributed by atoms with van der Waals surface area (Å²) in [6, 6.07) is 5.16. The van der Waals surface area contributed by atoms with Crippen LogP contribution >= 0.6 is 0 Å². The second kappa shape index (κ2) is 8.09. The van der Waals surface area contributed by atoms with Crippen LogP contribution in [0.1, 0.15) is 42.6 Å². The second-order valence-corrected chi connectivity index (χ2v) is 7.98. The molecule has 1 saturated heterocycles. The Morgan fingerprint density at radius 2 is 2.04 bits per heavy atom. The first-order valence-electron chi connectivity index (χ1n) is 8.52. The molecular weight excluding hydrogens is 326 g/mol. The van der Waals surface area contributed by atoms with E-state index in [0.29, 0.717) is 36.8 Å². The zero-order valence-corrected chi connectivity index (χ0v) is 15.4. The lowest BCUT2D eigenvalue weighted by molar-refractivity contribution is 0.0950. The molecule has 2 rings (SSSR count). The van der Waals surface area contributed by atoms with Crippen molar-refractivity contribution in [2.24, 2.45) is 0 Å². The Hall–Kier alpha value is -1.44. The molecule has 24 heavy (non-hydrogen) atoms. The van der Waals surface area contributed by atoms with E-state index in [1.165, 1.54) is 10.4 Å². The fourth-order valence-electron chi connectivity index (χ4n) is 2.97. The van der Waals surface area contributed by atoms with Gasteiger partial charge < -0.3 is 10.6 Å². The van der Waals surface area contributed by atoms with Gasteiger partial charge in [0.15, 0.2) is 0 Å². The summed E-state index contributed by atoms with van der Waals surface area (Å²) < 4.78 is 26.9. The van der Waals surface area contributed by atoms with Crippen molar-refractivity contribution in [1.82, 2.24) is 14.9 Å². The number of nitrogens with one attached hydrogen (secondary N) is 2. The molecule has 1 fully saturated rings. The number of benzene rings is 1. The van der Waals surface area contributed by atoms with Crippen molar-refractivity contribution < 1.29 is 13.2 Å². The van der Waals surface area contributed by atoms with Crippen LogP contribution in [-0.2, 0) is 10.0 Å². The van der Waals surface area contributed by atoms with Crippen LogP contribution in [0.5, 0.6) is 0 Å². The summed E-state index contributed by atoms with van der Waals surface area (Å²) in [5.41, 5.74) is 1.03. The van der Waals surface area contributed by atoms with Gasteiger partial charge in [-0.3, -0.25) is 4.79 Å². The lowest BCUT2D eigenvalue weighted by Crippen LogP contribution is -2.37. The molecule has 1 heterocycles. The Kier molecular flexibility index (Phi) is 6.37. The van der Waals surface area contributed by atoms with E-state index in [1.807, 2.05) is 13.8 Å². The van der Waals surface area contributed by atoms with Crippen LogP contribution < -0.4 is 10.6 Å². The van der Waals surface area contributed by atoms with Crippen LogP contribution in [0, 0.1) is 6.92 Å². The van der Waals surface area contributed by atoms with E-state index in [9.17, 15) is 13.2 Å². The molecule has 7 heteroatoms. The van der Waals surface area contributed by atoms with E-state index in [1.54, 1.807) is 19.1 Å². The molecule has 0 aliphatic carbocycles. The topological polar surface area (TPSA) is 78.5 Å². The smallest absolute Gasteiger partial charge is 0.251 e. The molecule has 1 aliphatic heterocycles. The standard InChI is InChI=1S/C17H27N3O3S/c1-4-20(5-2)24(22,23)16-11-14(9-8-13(16)3)17(21)19-12-15-7-6-10-18-15/h8-9,11,15,18H,4-7,10,12H2,1-3H3,(H,19,21). The first kappa shape index (κ1) is 18.9. The molecule has 0 bridgehead atoms. The third-order valence-corrected chi connectivity index (χ3v) is 6.64. The Balaban J connectivity index is 2.19. The molecule has 0 aromatic heterocycles. The highest BCUT2D eigenvalue weighted by Crippen LogP contribution is 2.21. The zero-order valence-electron chi connectivity index (χ0n) is 14.6. The summed E-state index contributed by atoms with van der Waals surface area (Å²) >= 11 is 0. The maximum atomic E-state index is 12.7. The highest BCUT2D eigenvalue weighted by molar-refractivity contribution is 7.89. The second-order valence-electron chi connectivity index (χ2n) is 6.07. The highest BCUT2D eigenvalue weighted by atomic mass is 32.2. The fraction of sp³-hybridized carbons (Fsp3) is 0.588. The van der Waals surface area contributed by atoms with Gasteiger partial charge in [-0.05, 0) is 44.0 Å². The summed E-state index contributed by atoms with van der Waals surface area (Å²) in [6.07, 6.45) is 2.17. The lowest BCUT2D eigenvalue weighted by atomic mass is 10.1. The summed E-state index contributed by atoms with van der Waals surface area (Å²) in [4.78, 5) is 12.6. The average Bonchev–Trinajstić information content (AvgIpc) is 3.07. The van der Waals surface area contributed by atoms with Gasteiger partial charge in [0.1, 0.15) is 0 Å². The van der Waals surface area contributed by atoms with Crippen LogP contribution in [0.25, 0.3) is 0 Å². The SMILES string of the molecule is CCN(CC)S(=O)(=O)c1cc(C(=O)NCC2CCCN2)ccc1C. The third kappa shape index (κ3) is 4.15. The predicted molar refractivity (Wildman–Crippen MR) is 94.6 cm³/mol. The minimum Gasteiger partial charge on any atom is -0.350 e. The minimum absolute atomic E-state index is 0.206. The number of hydrogen-bond donors (Lipinski definition) is 2. The number of rotatable bonds is 7. The summed E-state index contributed by atoms with van der Waals surface area (Å²) in [7, 11) is -3.58. The van der Waals surface area contributed by atoms with Gasteiger partial charge in [-0.1, -0.05) is 19.9 Å². The summed E-state index contributed by atoms with van der Waals surface area (Å²) in [5, 5.41) is 6.21. The summed E-state index contributed by atoms with van der Waals surface area (Å²) in [6.45, 7) is 7.72. The summed E-state index contributed by atoms with van der Waals surface area (Å²) in [5.74, 6) is -0.236. The number of amides is 1. The molecule has 1 unspecified atom stereocenters. The maximum absolute atomic E-state index is 12.7. The largest absolute Gasteiger partial charge is 0.350 e. The van der Waals surface area contributed by atoms with Crippen molar-refractivity contribution in [3.8, 4) is 0 Å². The Labute approximate surface area is 144 Å². The quantitative estimate of drug-likeness (QED) is 0.779. The van der Waals surface area contributed by atoms with Crippen molar-refractivity contribution in [1.29, 1.82) is 0 Å². The van der Waals surface area contributed by atoms with Gasteiger partial charge in [0, 0.05) is 31.2 Å². The van der Waals surface area contributed by atoms with Crippen LogP contribution in [0.2, 0.25) is 0 Å². The molecule has 1 atom stereocenters. The number of carbonyl (C=O) groups excluding carboxylic acids is 1. The number of nitrogens with zero attached hydrogens (tertiary/aromatic N) is 1. The molecular formula is C17H27N3O3S. The predicted octanol–water partition coefficient (Wildman–Crippen LogP) is 1.51. The molecule has 0 spiro atoms. The monoisotopic (exact) mass is 353 g/mol. The van der Waals surface area contributed by atoms with Crippen molar-refractivity contribution in [2.45, 2.75) is 44.6 Å². The van der Waals surface area contributed by atoms with Crippen LogP contribution in [0.4, 0.5) is 0 Å². The molecule has 0 saturated carbocycles. The third-order valence-electron chi connectivity index (χ3n) is 4.44. The first-order chi connectivity index (χ1) is 11.4. The molecule has 1 aromatic rings. The Morgan fingerprint density at radius 3 is 2.62 bits per heavy atom. The van der Waals surface area contributed by atoms with E-state index < -0.39 is 10.0 Å². The van der Waals surface area contributed by atoms with Gasteiger partial charge in [0.2, 0.25) is 10.0 Å². The molecule has 1 aliphatic rings. The van der Waals surface area contributed by atoms with E-state index >= 15 is 0 Å². The lowest BCUT2D eigenvalue weighted by Gasteiger charge is -2.20. The Morgan fingerprint density at radius 1 is 1.33 bits per heavy atom. The highest BCUT2D eigenvalue weighted by Gasteiger charge is 2.25. The van der Waals surface area contributed by atoms with E-state index in [-0.39, 0.29) is 10.8 Å². The molecule has 6 nitrogen and oxygen atoms in total. The maximum Gasteiger partial charge on any atom is 0.251 e. The van der Waals surface area contributed by atoms with Gasteiger partial charge in [-0.25, -0.2) is 8.42 Å². The number of sulfonamides is 1. The van der Waals surface area contributed by atoms with E-state index in [4.69, 9.17) is 0 Å². The normalized spacial score (nSPS) is 18.1. The van der Waals surface area contributed by atoms with Crippen molar-refractivity contribution >= 4 is 15.9 Å². The number of carbonyl (C=O) groups is 1. The van der Waals surface area contributed by atoms with Gasteiger partial charge in [0.25, 0.3) is 5.91 Å². The van der Waals surface area contributed by atoms with Crippen molar-refractivity contribution in [2.75, 3.05) is 26.2 Å². The fourth-order valence-corrected chi connectivity index (χ4v) is 4.68. The molecule has 1 amide bonds. The van der Waals surface area contributed by atoms with Crippen molar-refractivity contribution in [3.05, 3.63) is 29.3 Å². The van der Waals surface area contributed by atoms with Crippen LogP contribution in [0.3, 0.4) is 0 Å². The Bertz CT molecular complexity index is 678. The van der Waals surface area contributed by atoms with Crippen LogP contribution in [-0.4, -0.2) is 50.9 Å². The zero-order chi connectivity index (χ0) is 17.7. The van der Waals surface area contributed by atoms with E-state index in [0.717, 1.165) is 19.4 Å². The van der Waals surface area contributed by atoms with Crippen molar-refractivity contribution in [3.63, 3.8) is 0 Å². The number of hydrogen-bond acceptors (Lipinski definition) is 4. The number of aryl methyl sites for hydroxylation is 1. The van der Waals surface area contributed by atoms with Gasteiger partial charge in [-0.15, -0.1) is 0 Å². The molecule has 1 aromatic carbocycles. The first-order valence-corrected chi connectivity index (χ1v) is 9.96. The van der Waals surface area contributed by atoms with Crippen LogP contribution in [0.15, 0.2) is 23.1 Å². The minimum atomic E-state index is -3.58. The molecule has 0 radical (unpaired) electrons. The van der Waals surface area contributed by atoms with E-state index in [2.05, 4.69) is 10.6 Å².